The zero-order valence-electron chi connectivity index (χ0n) is 11.0. The van der Waals surface area contributed by atoms with Crippen LogP contribution in [0.15, 0.2) is 12.2 Å². The molecule has 0 atom stereocenters. The third-order valence-corrected chi connectivity index (χ3v) is 2.20. The van der Waals surface area contributed by atoms with Crippen molar-refractivity contribution in [1.29, 1.82) is 0 Å². The van der Waals surface area contributed by atoms with Crippen LogP contribution in [-0.2, 0) is 4.79 Å². The summed E-state index contributed by atoms with van der Waals surface area (Å²) < 4.78 is 0. The Morgan fingerprint density at radius 3 is 2.13 bits per heavy atom. The van der Waals surface area contributed by atoms with Gasteiger partial charge in [0.05, 0.1) is 0 Å². The van der Waals surface area contributed by atoms with E-state index in [0.29, 0.717) is 6.54 Å². The smallest absolute Gasteiger partial charge is 0.225 e. The Labute approximate surface area is 94.1 Å². The number of rotatable bonds is 4. The Morgan fingerprint density at radius 2 is 1.73 bits per heavy atom. The van der Waals surface area contributed by atoms with E-state index in [1.165, 1.54) is 0 Å². The van der Waals surface area contributed by atoms with Crippen LogP contribution < -0.4 is 5.32 Å². The van der Waals surface area contributed by atoms with Gasteiger partial charge in [-0.15, -0.1) is 0 Å². The maximum Gasteiger partial charge on any atom is 0.225 e. The van der Waals surface area contributed by atoms with Gasteiger partial charge in [0, 0.05) is 12.0 Å². The zero-order valence-corrected chi connectivity index (χ0v) is 11.0. The molecule has 0 aromatic carbocycles. The topological polar surface area (TPSA) is 29.1 Å². The molecule has 2 heteroatoms. The summed E-state index contributed by atoms with van der Waals surface area (Å²) in [4.78, 5) is 11.9. The molecule has 0 bridgehead atoms. The fourth-order valence-electron chi connectivity index (χ4n) is 1.91. The average Bonchev–Trinajstić information content (AvgIpc) is 2.00. The fraction of sp³-hybridized carbons (Fsp3) is 0.769. The van der Waals surface area contributed by atoms with Gasteiger partial charge in [-0.1, -0.05) is 46.8 Å². The van der Waals surface area contributed by atoms with Crippen molar-refractivity contribution in [3.05, 3.63) is 12.2 Å². The summed E-state index contributed by atoms with van der Waals surface area (Å²) in [7, 11) is 0. The molecule has 0 aromatic heterocycles. The van der Waals surface area contributed by atoms with Crippen molar-refractivity contribution in [2.24, 2.45) is 10.8 Å². The maximum atomic E-state index is 11.9. The van der Waals surface area contributed by atoms with E-state index in [4.69, 9.17) is 0 Å². The molecule has 0 aromatic rings. The van der Waals surface area contributed by atoms with Crippen molar-refractivity contribution in [3.63, 3.8) is 0 Å². The molecule has 0 radical (unpaired) electrons. The van der Waals surface area contributed by atoms with E-state index in [9.17, 15) is 4.79 Å². The summed E-state index contributed by atoms with van der Waals surface area (Å²) in [6, 6.07) is 0. The summed E-state index contributed by atoms with van der Waals surface area (Å²) in [5, 5.41) is 2.92. The standard InChI is InChI=1S/C13H25NO/c1-7-8-9-14-11(15)13(5,6)10-12(2,3)4/h7-8H,9-10H2,1-6H3,(H,14,15)/b8-7+. The minimum atomic E-state index is -0.292. The molecule has 1 amide bonds. The zero-order chi connectivity index (χ0) is 12.1. The molecule has 0 rings (SSSR count). The Morgan fingerprint density at radius 1 is 1.20 bits per heavy atom. The summed E-state index contributed by atoms with van der Waals surface area (Å²) in [5.74, 6) is 0.135. The van der Waals surface area contributed by atoms with Crippen LogP contribution in [0.4, 0.5) is 0 Å². The predicted octanol–water partition coefficient (Wildman–Crippen LogP) is 3.14. The van der Waals surface area contributed by atoms with E-state index in [1.54, 1.807) is 0 Å². The van der Waals surface area contributed by atoms with Crippen molar-refractivity contribution >= 4 is 5.91 Å². The number of nitrogens with one attached hydrogen (secondary N) is 1. The number of allylic oxidation sites excluding steroid dienone is 1. The molecule has 0 unspecified atom stereocenters. The Bertz CT molecular complexity index is 233. The molecule has 0 aliphatic carbocycles. The highest BCUT2D eigenvalue weighted by Crippen LogP contribution is 2.33. The van der Waals surface area contributed by atoms with Gasteiger partial charge < -0.3 is 5.32 Å². The molecule has 0 fully saturated rings. The SMILES string of the molecule is C/C=C/CNC(=O)C(C)(C)CC(C)(C)C. The first-order valence-corrected chi connectivity index (χ1v) is 5.58. The minimum absolute atomic E-state index is 0.135. The molecule has 0 saturated carbocycles. The highest BCUT2D eigenvalue weighted by Gasteiger charge is 2.31. The lowest BCUT2D eigenvalue weighted by atomic mass is 9.76. The van der Waals surface area contributed by atoms with E-state index in [2.05, 4.69) is 26.1 Å². The van der Waals surface area contributed by atoms with Gasteiger partial charge in [-0.3, -0.25) is 4.79 Å². The van der Waals surface area contributed by atoms with Crippen LogP contribution in [0.3, 0.4) is 0 Å². The summed E-state index contributed by atoms with van der Waals surface area (Å²) in [5.41, 5.74) is -0.110. The quantitative estimate of drug-likeness (QED) is 0.711. The molecule has 1 N–H and O–H groups in total. The number of amides is 1. The van der Waals surface area contributed by atoms with Gasteiger partial charge in [0.15, 0.2) is 0 Å². The molecule has 88 valence electrons. The van der Waals surface area contributed by atoms with Gasteiger partial charge >= 0.3 is 0 Å². The van der Waals surface area contributed by atoms with Gasteiger partial charge in [-0.2, -0.15) is 0 Å². The molecule has 0 aliphatic heterocycles. The fourth-order valence-corrected chi connectivity index (χ4v) is 1.91. The van der Waals surface area contributed by atoms with Crippen LogP contribution in [0.1, 0.15) is 48.0 Å². The van der Waals surface area contributed by atoms with Crippen LogP contribution in [0.5, 0.6) is 0 Å². The van der Waals surface area contributed by atoms with E-state index < -0.39 is 0 Å². The summed E-state index contributed by atoms with van der Waals surface area (Å²) in [6.07, 6.45) is 4.78. The molecular weight excluding hydrogens is 186 g/mol. The van der Waals surface area contributed by atoms with Gasteiger partial charge in [0.1, 0.15) is 0 Å². The van der Waals surface area contributed by atoms with Gasteiger partial charge in [0.2, 0.25) is 5.91 Å². The van der Waals surface area contributed by atoms with Crippen molar-refractivity contribution in [3.8, 4) is 0 Å². The third-order valence-electron chi connectivity index (χ3n) is 2.20. The molecular formula is C13H25NO. The Balaban J connectivity index is 4.26. The third kappa shape index (κ3) is 6.32. The van der Waals surface area contributed by atoms with Gasteiger partial charge in [-0.25, -0.2) is 0 Å². The Kier molecular flexibility index (Phi) is 5.06. The summed E-state index contributed by atoms with van der Waals surface area (Å²) in [6.45, 7) is 13.1. The first kappa shape index (κ1) is 14.2. The molecule has 0 heterocycles. The number of hydrogen-bond donors (Lipinski definition) is 1. The van der Waals surface area contributed by atoms with E-state index in [1.807, 2.05) is 32.9 Å². The van der Waals surface area contributed by atoms with Crippen LogP contribution in [0, 0.1) is 10.8 Å². The molecule has 0 aliphatic rings. The van der Waals surface area contributed by atoms with Crippen LogP contribution >= 0.6 is 0 Å². The number of hydrogen-bond acceptors (Lipinski definition) is 1. The second-order valence-corrected chi connectivity index (χ2v) is 5.90. The highest BCUT2D eigenvalue weighted by molar-refractivity contribution is 5.81. The first-order chi connectivity index (χ1) is 6.69. The van der Waals surface area contributed by atoms with E-state index >= 15 is 0 Å². The minimum Gasteiger partial charge on any atom is -0.352 e. The largest absolute Gasteiger partial charge is 0.352 e. The van der Waals surface area contributed by atoms with E-state index in [0.717, 1.165) is 6.42 Å². The Hall–Kier alpha value is -0.790. The average molecular weight is 211 g/mol. The first-order valence-electron chi connectivity index (χ1n) is 5.58. The molecule has 0 spiro atoms. The lowest BCUT2D eigenvalue weighted by molar-refractivity contribution is -0.130. The monoisotopic (exact) mass is 211 g/mol. The van der Waals surface area contributed by atoms with Crippen molar-refractivity contribution < 1.29 is 4.79 Å². The number of carbonyl (C=O) groups excluding carboxylic acids is 1. The predicted molar refractivity (Wildman–Crippen MR) is 65.7 cm³/mol. The molecule has 0 saturated heterocycles. The van der Waals surface area contributed by atoms with Crippen LogP contribution in [0.2, 0.25) is 0 Å². The number of carbonyl (C=O) groups is 1. The van der Waals surface area contributed by atoms with Crippen molar-refractivity contribution in [1.82, 2.24) is 5.32 Å². The van der Waals surface area contributed by atoms with Crippen molar-refractivity contribution in [2.75, 3.05) is 6.54 Å². The normalized spacial score (nSPS) is 13.2. The van der Waals surface area contributed by atoms with E-state index in [-0.39, 0.29) is 16.7 Å². The van der Waals surface area contributed by atoms with Crippen LogP contribution in [0.25, 0.3) is 0 Å². The van der Waals surface area contributed by atoms with Gasteiger partial charge in [-0.05, 0) is 18.8 Å². The second kappa shape index (κ2) is 5.34. The maximum absolute atomic E-state index is 11.9. The second-order valence-electron chi connectivity index (χ2n) is 5.90. The molecule has 15 heavy (non-hydrogen) atoms. The lowest BCUT2D eigenvalue weighted by Gasteiger charge is -2.31. The van der Waals surface area contributed by atoms with Gasteiger partial charge in [0.25, 0.3) is 0 Å². The lowest BCUT2D eigenvalue weighted by Crippen LogP contribution is -2.39. The molecule has 2 nitrogen and oxygen atoms in total. The van der Waals surface area contributed by atoms with Crippen molar-refractivity contribution in [2.45, 2.75) is 48.0 Å². The van der Waals surface area contributed by atoms with Crippen LogP contribution in [-0.4, -0.2) is 12.5 Å². The highest BCUT2D eigenvalue weighted by atomic mass is 16.2. The summed E-state index contributed by atoms with van der Waals surface area (Å²) >= 11 is 0.